The van der Waals surface area contributed by atoms with E-state index in [1.165, 1.54) is 28.4 Å². The monoisotopic (exact) mass is 627 g/mol. The number of rotatable bonds is 12. The zero-order valence-corrected chi connectivity index (χ0v) is 23.9. The van der Waals surface area contributed by atoms with Gasteiger partial charge in [0, 0.05) is 13.0 Å². The first-order chi connectivity index (χ1) is 19.5. The standard InChI is InChI=1S/C25H26F3N7O5S.H2S/c26-25(27,28)40-18-6-3-4-15(10-18)11-20(37)29-19-9-8-16(31-32-19)5-1-2-7-22-33-34-24(41-22)30-21(38)14-35-13-17(36)12-23(35)39;/h3-4,6,8-10,17,36H,1-2,5,7,11-14H2,(H,29,32,37)(H,30,34,38);1H2/t17-;/m0./s1. The number of carbonyl (C=O) groups is 3. The number of carbonyl (C=O) groups excluding carboxylic acids is 3. The molecule has 42 heavy (non-hydrogen) atoms. The number of aromatic nitrogens is 4. The van der Waals surface area contributed by atoms with Crippen molar-refractivity contribution in [2.24, 2.45) is 0 Å². The summed E-state index contributed by atoms with van der Waals surface area (Å²) in [4.78, 5) is 37.4. The fourth-order valence-corrected chi connectivity index (χ4v) is 4.81. The van der Waals surface area contributed by atoms with E-state index < -0.39 is 30.0 Å². The van der Waals surface area contributed by atoms with Crippen molar-refractivity contribution in [3.8, 4) is 5.75 Å². The van der Waals surface area contributed by atoms with Crippen LogP contribution in [-0.2, 0) is 33.6 Å². The van der Waals surface area contributed by atoms with E-state index in [2.05, 4.69) is 35.8 Å². The average molecular weight is 628 g/mol. The van der Waals surface area contributed by atoms with Gasteiger partial charge < -0.3 is 20.1 Å². The predicted molar refractivity (Wildman–Crippen MR) is 150 cm³/mol. The van der Waals surface area contributed by atoms with Gasteiger partial charge in [-0.15, -0.1) is 28.5 Å². The molecule has 0 radical (unpaired) electrons. The SMILES string of the molecule is O=C(Cc1cccc(OC(F)(F)F)c1)Nc1ccc(CCCCc2nnc(NC(=O)CN3C[C@@H](O)CC3=O)s2)nn1.S. The van der Waals surface area contributed by atoms with Gasteiger partial charge in [-0.1, -0.05) is 23.5 Å². The molecular formula is C25H28F3N7O5S2. The molecule has 1 saturated heterocycles. The van der Waals surface area contributed by atoms with Crippen LogP contribution in [0, 0.1) is 0 Å². The number of ether oxygens (including phenoxy) is 1. The fourth-order valence-electron chi connectivity index (χ4n) is 4.01. The maximum Gasteiger partial charge on any atom is 0.573 e. The minimum Gasteiger partial charge on any atom is -0.406 e. The van der Waals surface area contributed by atoms with Crippen molar-refractivity contribution in [3.05, 3.63) is 52.7 Å². The van der Waals surface area contributed by atoms with Crippen LogP contribution in [0.3, 0.4) is 0 Å². The molecule has 0 bridgehead atoms. The number of aliphatic hydroxyl groups excluding tert-OH is 1. The van der Waals surface area contributed by atoms with E-state index in [0.29, 0.717) is 29.2 Å². The Morgan fingerprint density at radius 1 is 1.05 bits per heavy atom. The van der Waals surface area contributed by atoms with Gasteiger partial charge in [0.1, 0.15) is 17.3 Å². The number of aliphatic hydroxyl groups is 1. The number of unbranched alkanes of at least 4 members (excludes halogenated alkanes) is 1. The van der Waals surface area contributed by atoms with E-state index in [1.54, 1.807) is 12.1 Å². The van der Waals surface area contributed by atoms with Crippen LogP contribution in [0.4, 0.5) is 24.1 Å². The summed E-state index contributed by atoms with van der Waals surface area (Å²) < 4.78 is 41.0. The molecule has 12 nitrogen and oxygen atoms in total. The van der Waals surface area contributed by atoms with E-state index in [4.69, 9.17) is 0 Å². The fraction of sp³-hybridized carbons (Fsp3) is 0.400. The van der Waals surface area contributed by atoms with Crippen LogP contribution < -0.4 is 15.4 Å². The lowest BCUT2D eigenvalue weighted by molar-refractivity contribution is -0.274. The van der Waals surface area contributed by atoms with Gasteiger partial charge in [-0.3, -0.25) is 19.7 Å². The molecule has 4 rings (SSSR count). The minimum absolute atomic E-state index is 0. The Morgan fingerprint density at radius 2 is 1.83 bits per heavy atom. The van der Waals surface area contributed by atoms with Crippen LogP contribution in [0.25, 0.3) is 0 Å². The molecule has 0 unspecified atom stereocenters. The molecule has 226 valence electrons. The summed E-state index contributed by atoms with van der Waals surface area (Å²) in [6.07, 6.45) is -2.89. The Bertz CT molecular complexity index is 1370. The highest BCUT2D eigenvalue weighted by Crippen LogP contribution is 2.24. The Kier molecular flexibility index (Phi) is 11.6. The first-order valence-corrected chi connectivity index (χ1v) is 13.4. The van der Waals surface area contributed by atoms with Gasteiger partial charge in [-0.2, -0.15) is 18.6 Å². The molecule has 1 atom stereocenters. The second kappa shape index (κ2) is 14.9. The second-order valence-corrected chi connectivity index (χ2v) is 10.3. The third kappa shape index (κ3) is 10.5. The quantitative estimate of drug-likeness (QED) is 0.257. The number of benzene rings is 1. The molecule has 1 aliphatic heterocycles. The number of halogens is 3. The lowest BCUT2D eigenvalue weighted by Crippen LogP contribution is -2.34. The zero-order valence-electron chi connectivity index (χ0n) is 22.1. The van der Waals surface area contributed by atoms with Crippen LogP contribution in [0.2, 0.25) is 0 Å². The van der Waals surface area contributed by atoms with Gasteiger partial charge in [-0.05, 0) is 49.1 Å². The summed E-state index contributed by atoms with van der Waals surface area (Å²) in [5.41, 5.74) is 1.06. The maximum atomic E-state index is 12.4. The highest BCUT2D eigenvalue weighted by atomic mass is 32.1. The molecule has 1 fully saturated rings. The third-order valence-corrected chi connectivity index (χ3v) is 6.70. The van der Waals surface area contributed by atoms with Gasteiger partial charge in [0.15, 0.2) is 5.82 Å². The van der Waals surface area contributed by atoms with E-state index in [9.17, 15) is 32.7 Å². The van der Waals surface area contributed by atoms with Crippen molar-refractivity contribution < 1.29 is 37.4 Å². The van der Waals surface area contributed by atoms with Gasteiger partial charge in [0.25, 0.3) is 0 Å². The summed E-state index contributed by atoms with van der Waals surface area (Å²) in [6.45, 7) is -0.0134. The summed E-state index contributed by atoms with van der Waals surface area (Å²) in [7, 11) is 0. The molecule has 3 amide bonds. The topological polar surface area (TPSA) is 160 Å². The van der Waals surface area contributed by atoms with Crippen LogP contribution in [0.1, 0.15) is 35.5 Å². The summed E-state index contributed by atoms with van der Waals surface area (Å²) >= 11 is 1.25. The van der Waals surface area contributed by atoms with Crippen molar-refractivity contribution in [1.29, 1.82) is 0 Å². The number of hydrogen-bond acceptors (Lipinski definition) is 10. The predicted octanol–water partition coefficient (Wildman–Crippen LogP) is 2.62. The molecule has 0 aliphatic carbocycles. The van der Waals surface area contributed by atoms with E-state index >= 15 is 0 Å². The number of nitrogens with one attached hydrogen (secondary N) is 2. The summed E-state index contributed by atoms with van der Waals surface area (Å²) in [5.74, 6) is -1.32. The molecule has 1 aliphatic rings. The normalized spacial score (nSPS) is 14.8. The Balaban J connectivity index is 0.00000484. The highest BCUT2D eigenvalue weighted by Gasteiger charge is 2.31. The minimum atomic E-state index is -4.82. The van der Waals surface area contributed by atoms with Gasteiger partial charge >= 0.3 is 6.36 Å². The molecule has 1 aromatic carbocycles. The second-order valence-electron chi connectivity index (χ2n) is 9.22. The largest absolute Gasteiger partial charge is 0.573 e. The number of alkyl halides is 3. The highest BCUT2D eigenvalue weighted by molar-refractivity contribution is 7.59. The van der Waals surface area contributed by atoms with Crippen molar-refractivity contribution in [3.63, 3.8) is 0 Å². The smallest absolute Gasteiger partial charge is 0.406 e. The van der Waals surface area contributed by atoms with Crippen LogP contribution >= 0.6 is 24.8 Å². The zero-order chi connectivity index (χ0) is 29.4. The maximum absolute atomic E-state index is 12.4. The van der Waals surface area contributed by atoms with Gasteiger partial charge in [0.05, 0.1) is 24.6 Å². The van der Waals surface area contributed by atoms with E-state index in [1.807, 2.05) is 0 Å². The summed E-state index contributed by atoms with van der Waals surface area (Å²) in [5, 5.41) is 31.9. The number of β-amino-alcohol motifs (C(OH)–C–C–N with tert-alkyl or cyclic N) is 1. The van der Waals surface area contributed by atoms with Crippen molar-refractivity contribution in [2.75, 3.05) is 23.7 Å². The molecule has 3 aromatic rings. The number of aryl methyl sites for hydroxylation is 2. The molecule has 3 heterocycles. The molecule has 0 saturated carbocycles. The number of anilines is 2. The van der Waals surface area contributed by atoms with Crippen LogP contribution in [-0.4, -0.2) is 73.7 Å². The van der Waals surface area contributed by atoms with Crippen LogP contribution in [0.15, 0.2) is 36.4 Å². The van der Waals surface area contributed by atoms with Crippen molar-refractivity contribution in [1.82, 2.24) is 25.3 Å². The van der Waals surface area contributed by atoms with Gasteiger partial charge in [-0.25, -0.2) is 0 Å². The van der Waals surface area contributed by atoms with E-state index in [0.717, 1.165) is 30.0 Å². The Labute approximate surface area is 249 Å². The molecular weight excluding hydrogens is 599 g/mol. The number of likely N-dealkylation sites (tertiary alicyclic amines) is 1. The molecule has 0 spiro atoms. The first kappa shape index (κ1) is 32.7. The molecule has 17 heteroatoms. The van der Waals surface area contributed by atoms with E-state index in [-0.39, 0.29) is 51.2 Å². The Hall–Kier alpha value is -3.83. The van der Waals surface area contributed by atoms with Gasteiger partial charge in [0.2, 0.25) is 22.9 Å². The first-order valence-electron chi connectivity index (χ1n) is 12.6. The lowest BCUT2D eigenvalue weighted by atomic mass is 10.1. The average Bonchev–Trinajstić information content (AvgIpc) is 3.46. The third-order valence-electron chi connectivity index (χ3n) is 5.80. The number of amides is 3. The van der Waals surface area contributed by atoms with Crippen molar-refractivity contribution in [2.45, 2.75) is 51.0 Å². The number of nitrogens with zero attached hydrogens (tertiary/aromatic N) is 5. The molecule has 2 aromatic heterocycles. The Morgan fingerprint density at radius 3 is 2.52 bits per heavy atom. The summed E-state index contributed by atoms with van der Waals surface area (Å²) in [6, 6.07) is 8.50. The lowest BCUT2D eigenvalue weighted by Gasteiger charge is -2.14. The van der Waals surface area contributed by atoms with Crippen molar-refractivity contribution >= 4 is 53.5 Å². The number of hydrogen-bond donors (Lipinski definition) is 3. The molecule has 3 N–H and O–H groups in total. The van der Waals surface area contributed by atoms with Crippen LogP contribution in [0.5, 0.6) is 5.75 Å².